The van der Waals surface area contributed by atoms with Crippen molar-refractivity contribution in [3.05, 3.63) is 0 Å². The van der Waals surface area contributed by atoms with Crippen molar-refractivity contribution < 1.29 is 14.3 Å². The van der Waals surface area contributed by atoms with Gasteiger partial charge in [-0.3, -0.25) is 9.59 Å². The summed E-state index contributed by atoms with van der Waals surface area (Å²) in [5.41, 5.74) is 0. The van der Waals surface area contributed by atoms with Gasteiger partial charge in [0.2, 0.25) is 0 Å². The van der Waals surface area contributed by atoms with E-state index in [9.17, 15) is 9.59 Å². The smallest absolute Gasteiger partial charge is 0.309 e. The molecule has 0 aromatic rings. The highest BCUT2D eigenvalue weighted by molar-refractivity contribution is 5.90. The van der Waals surface area contributed by atoms with Gasteiger partial charge in [-0.05, 0) is 12.8 Å². The van der Waals surface area contributed by atoms with Crippen molar-refractivity contribution in [3.8, 4) is 0 Å². The Hall–Kier alpha value is -0.860. The summed E-state index contributed by atoms with van der Waals surface area (Å²) in [6.45, 7) is 2.13. The summed E-state index contributed by atoms with van der Waals surface area (Å²) < 4.78 is 4.73. The van der Waals surface area contributed by atoms with E-state index in [1.165, 1.54) is 7.11 Å². The van der Waals surface area contributed by atoms with Crippen LogP contribution in [0.2, 0.25) is 0 Å². The van der Waals surface area contributed by atoms with Gasteiger partial charge in [0.1, 0.15) is 5.78 Å². The van der Waals surface area contributed by atoms with E-state index in [-0.39, 0.29) is 31.0 Å². The average molecular weight is 228 g/mol. The molecule has 0 amide bonds. The molecular weight excluding hydrogens is 204 g/mol. The van der Waals surface area contributed by atoms with Crippen LogP contribution in [0.5, 0.6) is 0 Å². The Labute approximate surface area is 98.6 Å². The van der Waals surface area contributed by atoms with Gasteiger partial charge in [0.25, 0.3) is 0 Å². The zero-order chi connectivity index (χ0) is 11.3. The van der Waals surface area contributed by atoms with Crippen LogP contribution in [-0.2, 0) is 14.3 Å². The van der Waals surface area contributed by atoms with Gasteiger partial charge in [0.05, 0.1) is 13.0 Å². The van der Waals surface area contributed by atoms with Crippen LogP contribution >= 0.6 is 0 Å². The van der Waals surface area contributed by atoms with Crippen molar-refractivity contribution in [2.24, 2.45) is 11.8 Å². The van der Waals surface area contributed by atoms with Crippen molar-refractivity contribution in [1.29, 1.82) is 0 Å². The first-order valence-corrected chi connectivity index (χ1v) is 5.81. The highest BCUT2D eigenvalue weighted by atomic mass is 16.5. The van der Waals surface area contributed by atoms with E-state index in [2.05, 4.69) is 6.92 Å². The lowest BCUT2D eigenvalue weighted by molar-refractivity contribution is -0.148. The molecule has 0 aliphatic heterocycles. The van der Waals surface area contributed by atoms with Gasteiger partial charge in [-0.2, -0.15) is 0 Å². The minimum absolute atomic E-state index is 0. The molecule has 94 valence electrons. The van der Waals surface area contributed by atoms with E-state index >= 15 is 0 Å². The summed E-state index contributed by atoms with van der Waals surface area (Å²) in [4.78, 5) is 23.0. The fourth-order valence-electron chi connectivity index (χ4n) is 2.32. The Kier molecular flexibility index (Phi) is 7.02. The lowest BCUT2D eigenvalue weighted by Gasteiger charge is -2.15. The zero-order valence-corrected chi connectivity index (χ0v) is 9.62. The number of unbranched alkanes of at least 4 members (excludes halogenated alkanes) is 2. The number of rotatable bonds is 5. The van der Waals surface area contributed by atoms with Gasteiger partial charge >= 0.3 is 5.97 Å². The van der Waals surface area contributed by atoms with E-state index in [4.69, 9.17) is 4.74 Å². The van der Waals surface area contributed by atoms with E-state index in [0.717, 1.165) is 25.7 Å². The molecule has 0 N–H and O–H groups in total. The van der Waals surface area contributed by atoms with Gasteiger partial charge in [0.15, 0.2) is 0 Å². The number of hydrogen-bond donors (Lipinski definition) is 0. The summed E-state index contributed by atoms with van der Waals surface area (Å²) in [7, 11) is 1.40. The molecule has 0 heterocycles. The largest absolute Gasteiger partial charge is 0.469 e. The molecule has 0 bridgehead atoms. The molecule has 0 aromatic carbocycles. The molecule has 1 aliphatic rings. The second kappa shape index (κ2) is 7.42. The molecule has 2 atom stereocenters. The highest BCUT2D eigenvalue weighted by Gasteiger charge is 2.39. The van der Waals surface area contributed by atoms with E-state index in [0.29, 0.717) is 12.8 Å². The molecule has 1 fully saturated rings. The number of Topliss-reactive ketones (excluding diaryl/α,β-unsaturated/α-hetero) is 1. The minimum Gasteiger partial charge on any atom is -0.469 e. The summed E-state index contributed by atoms with van der Waals surface area (Å²) >= 11 is 0. The quantitative estimate of drug-likeness (QED) is 0.536. The molecule has 0 saturated heterocycles. The van der Waals surface area contributed by atoms with Crippen LogP contribution in [0.25, 0.3) is 0 Å². The van der Waals surface area contributed by atoms with Crippen LogP contribution in [0.4, 0.5) is 0 Å². The molecule has 3 heteroatoms. The third kappa shape index (κ3) is 3.62. The van der Waals surface area contributed by atoms with Crippen LogP contribution in [-0.4, -0.2) is 18.9 Å². The van der Waals surface area contributed by atoms with Crippen molar-refractivity contribution in [2.45, 2.75) is 52.9 Å². The molecular formula is C13H24O3. The Morgan fingerprint density at radius 2 is 2.12 bits per heavy atom. The number of ketones is 1. The maximum Gasteiger partial charge on any atom is 0.309 e. The van der Waals surface area contributed by atoms with Crippen LogP contribution < -0.4 is 0 Å². The number of methoxy groups -OCH3 is 1. The summed E-state index contributed by atoms with van der Waals surface area (Å²) in [6.07, 6.45) is 5.41. The Balaban J connectivity index is 0.00000225. The molecule has 0 radical (unpaired) electrons. The second-order valence-electron chi connectivity index (χ2n) is 4.24. The lowest BCUT2D eigenvalue weighted by atomic mass is 9.90. The third-order valence-corrected chi connectivity index (χ3v) is 3.22. The monoisotopic (exact) mass is 228 g/mol. The van der Waals surface area contributed by atoms with E-state index < -0.39 is 0 Å². The predicted molar refractivity (Wildman–Crippen MR) is 64.1 cm³/mol. The van der Waals surface area contributed by atoms with Gasteiger partial charge < -0.3 is 4.74 Å². The normalized spacial score (nSPS) is 24.0. The van der Waals surface area contributed by atoms with E-state index in [1.807, 2.05) is 0 Å². The minimum atomic E-state index is -0.206. The number of carbonyl (C=O) groups excluding carboxylic acids is 2. The van der Waals surface area contributed by atoms with Gasteiger partial charge in [-0.1, -0.05) is 33.6 Å². The van der Waals surface area contributed by atoms with E-state index in [1.54, 1.807) is 0 Å². The van der Waals surface area contributed by atoms with Gasteiger partial charge in [-0.15, -0.1) is 0 Å². The summed E-state index contributed by atoms with van der Waals surface area (Å²) in [6, 6.07) is 0. The first-order chi connectivity index (χ1) is 7.20. The number of carbonyl (C=O) groups is 2. The van der Waals surface area contributed by atoms with Gasteiger partial charge in [0, 0.05) is 12.3 Å². The van der Waals surface area contributed by atoms with Crippen LogP contribution in [0.1, 0.15) is 52.9 Å². The maximum atomic E-state index is 11.6. The second-order valence-corrected chi connectivity index (χ2v) is 4.24. The zero-order valence-electron chi connectivity index (χ0n) is 9.62. The first kappa shape index (κ1) is 15.1. The molecule has 1 rings (SSSR count). The number of ether oxygens (including phenoxy) is 1. The standard InChI is InChI=1S/C12H20O3.CH4/c1-3-4-5-6-9-10(12(14)15-2)7-8-11(9)13;/h9-10H,3-8H2,1-2H3;1H4. The highest BCUT2D eigenvalue weighted by Crippen LogP contribution is 2.33. The molecule has 0 spiro atoms. The van der Waals surface area contributed by atoms with Gasteiger partial charge in [-0.25, -0.2) is 0 Å². The molecule has 1 saturated carbocycles. The summed E-state index contributed by atoms with van der Waals surface area (Å²) in [5.74, 6) is -0.188. The van der Waals surface area contributed by atoms with Crippen molar-refractivity contribution in [1.82, 2.24) is 0 Å². The van der Waals surface area contributed by atoms with Crippen LogP contribution in [0.15, 0.2) is 0 Å². The molecule has 2 unspecified atom stereocenters. The van der Waals surface area contributed by atoms with Crippen molar-refractivity contribution in [3.63, 3.8) is 0 Å². The molecule has 16 heavy (non-hydrogen) atoms. The predicted octanol–water partition coefficient (Wildman–Crippen LogP) is 2.97. The molecule has 0 aromatic heterocycles. The van der Waals surface area contributed by atoms with Crippen molar-refractivity contribution >= 4 is 11.8 Å². The summed E-state index contributed by atoms with van der Waals surface area (Å²) in [5, 5.41) is 0. The number of hydrogen-bond acceptors (Lipinski definition) is 3. The lowest BCUT2D eigenvalue weighted by Crippen LogP contribution is -2.23. The van der Waals surface area contributed by atoms with Crippen LogP contribution in [0, 0.1) is 11.8 Å². The Morgan fingerprint density at radius 1 is 1.44 bits per heavy atom. The average Bonchev–Trinajstić information content (AvgIpc) is 2.60. The third-order valence-electron chi connectivity index (χ3n) is 3.22. The first-order valence-electron chi connectivity index (χ1n) is 5.81. The molecule has 3 nitrogen and oxygen atoms in total. The number of esters is 1. The fourth-order valence-corrected chi connectivity index (χ4v) is 2.32. The fraction of sp³-hybridized carbons (Fsp3) is 0.846. The Morgan fingerprint density at radius 3 is 2.69 bits per heavy atom. The maximum absolute atomic E-state index is 11.6. The SMILES string of the molecule is C.CCCCCC1C(=O)CCC1C(=O)OC. The van der Waals surface area contributed by atoms with Crippen LogP contribution in [0.3, 0.4) is 0 Å². The Bertz CT molecular complexity index is 235. The topological polar surface area (TPSA) is 43.4 Å². The molecule has 1 aliphatic carbocycles. The van der Waals surface area contributed by atoms with Crippen molar-refractivity contribution in [2.75, 3.05) is 7.11 Å².